The van der Waals surface area contributed by atoms with Gasteiger partial charge in [0.2, 0.25) is 11.0 Å². The van der Waals surface area contributed by atoms with Gasteiger partial charge < -0.3 is 9.80 Å². The summed E-state index contributed by atoms with van der Waals surface area (Å²) in [6.07, 6.45) is 6.25. The number of nitrogens with zero attached hydrogens (tertiary/aromatic N) is 4. The number of anilines is 1. The van der Waals surface area contributed by atoms with E-state index in [-0.39, 0.29) is 11.9 Å². The van der Waals surface area contributed by atoms with Crippen LogP contribution in [0.4, 0.5) is 5.13 Å². The van der Waals surface area contributed by atoms with Gasteiger partial charge in [0.1, 0.15) is 11.9 Å². The molecule has 3 heterocycles. The number of benzene rings is 1. The second-order valence-corrected chi connectivity index (χ2v) is 8.12. The summed E-state index contributed by atoms with van der Waals surface area (Å²) in [6.45, 7) is 4.83. The summed E-state index contributed by atoms with van der Waals surface area (Å²) in [5.74, 6) is 1.14. The number of rotatable bonds is 4. The predicted octanol–water partition coefficient (Wildman–Crippen LogP) is 3.42. The average molecular weight is 371 g/mol. The summed E-state index contributed by atoms with van der Waals surface area (Å²) in [6, 6.07) is 8.46. The molecule has 138 valence electrons. The molecule has 2 aromatic rings. The molecule has 0 spiro atoms. The first-order valence-electron chi connectivity index (χ1n) is 9.64. The predicted molar refractivity (Wildman–Crippen MR) is 105 cm³/mol. The minimum Gasteiger partial charge on any atom is -0.341 e. The molecule has 0 bridgehead atoms. The molecule has 1 atom stereocenters. The summed E-state index contributed by atoms with van der Waals surface area (Å²) < 4.78 is 4.55. The van der Waals surface area contributed by atoms with Crippen molar-refractivity contribution in [2.45, 2.75) is 51.5 Å². The van der Waals surface area contributed by atoms with Gasteiger partial charge in [0.15, 0.2) is 0 Å². The monoisotopic (exact) mass is 370 g/mol. The van der Waals surface area contributed by atoms with Gasteiger partial charge >= 0.3 is 0 Å². The smallest absolute Gasteiger partial charge is 0.245 e. The topological polar surface area (TPSA) is 49.3 Å². The second kappa shape index (κ2) is 7.74. The Kier molecular flexibility index (Phi) is 5.20. The highest BCUT2D eigenvalue weighted by Gasteiger charge is 2.35. The Labute approximate surface area is 159 Å². The molecule has 2 aliphatic rings. The van der Waals surface area contributed by atoms with Crippen LogP contribution in [-0.4, -0.2) is 45.8 Å². The Morgan fingerprint density at radius 1 is 1.12 bits per heavy atom. The maximum Gasteiger partial charge on any atom is 0.245 e. The first-order valence-corrected chi connectivity index (χ1v) is 10.4. The van der Waals surface area contributed by atoms with Crippen LogP contribution in [0.25, 0.3) is 0 Å². The van der Waals surface area contributed by atoms with Crippen LogP contribution in [-0.2, 0) is 11.2 Å². The van der Waals surface area contributed by atoms with Crippen molar-refractivity contribution in [3.8, 4) is 0 Å². The van der Waals surface area contributed by atoms with Gasteiger partial charge in [-0.3, -0.25) is 4.79 Å². The third-order valence-electron chi connectivity index (χ3n) is 5.39. The van der Waals surface area contributed by atoms with Crippen LogP contribution in [0.1, 0.15) is 49.1 Å². The number of hydrogen-bond acceptors (Lipinski definition) is 5. The van der Waals surface area contributed by atoms with Gasteiger partial charge in [-0.1, -0.05) is 29.8 Å². The molecule has 0 aliphatic carbocycles. The third kappa shape index (κ3) is 3.75. The van der Waals surface area contributed by atoms with E-state index in [0.29, 0.717) is 0 Å². The lowest BCUT2D eigenvalue weighted by Crippen LogP contribution is -2.47. The van der Waals surface area contributed by atoms with Gasteiger partial charge in [-0.2, -0.15) is 4.37 Å². The highest BCUT2D eigenvalue weighted by atomic mass is 32.1. The molecule has 0 radical (unpaired) electrons. The van der Waals surface area contributed by atoms with Gasteiger partial charge in [0.25, 0.3) is 0 Å². The van der Waals surface area contributed by atoms with E-state index in [9.17, 15) is 4.79 Å². The zero-order chi connectivity index (χ0) is 17.9. The van der Waals surface area contributed by atoms with Crippen LogP contribution < -0.4 is 4.90 Å². The highest BCUT2D eigenvalue weighted by molar-refractivity contribution is 7.09. The van der Waals surface area contributed by atoms with Crippen LogP contribution in [0.5, 0.6) is 0 Å². The second-order valence-electron chi connectivity index (χ2n) is 7.39. The fraction of sp³-hybridized carbons (Fsp3) is 0.550. The number of amides is 1. The number of aryl methyl sites for hydroxylation is 1. The fourth-order valence-electron chi connectivity index (χ4n) is 3.90. The highest BCUT2D eigenvalue weighted by Crippen LogP contribution is 2.29. The minimum absolute atomic E-state index is 0.0479. The summed E-state index contributed by atoms with van der Waals surface area (Å²) >= 11 is 1.43. The van der Waals surface area contributed by atoms with Crippen molar-refractivity contribution in [1.82, 2.24) is 14.3 Å². The Hall–Kier alpha value is -1.95. The van der Waals surface area contributed by atoms with Crippen molar-refractivity contribution < 1.29 is 4.79 Å². The molecule has 2 aliphatic heterocycles. The molecule has 26 heavy (non-hydrogen) atoms. The lowest BCUT2D eigenvalue weighted by atomic mass is 10.1. The van der Waals surface area contributed by atoms with Crippen LogP contribution in [0.2, 0.25) is 0 Å². The zero-order valence-electron chi connectivity index (χ0n) is 15.4. The van der Waals surface area contributed by atoms with Crippen LogP contribution in [0.15, 0.2) is 24.3 Å². The van der Waals surface area contributed by atoms with Gasteiger partial charge in [-0.25, -0.2) is 4.98 Å². The van der Waals surface area contributed by atoms with Crippen LogP contribution >= 0.6 is 11.5 Å². The summed E-state index contributed by atoms with van der Waals surface area (Å²) in [7, 11) is 0. The molecule has 4 rings (SSSR count). The molecule has 6 heteroatoms. The number of carbonyl (C=O) groups is 1. The van der Waals surface area contributed by atoms with E-state index in [4.69, 9.17) is 4.98 Å². The molecule has 0 N–H and O–H groups in total. The maximum absolute atomic E-state index is 13.0. The Morgan fingerprint density at radius 2 is 1.88 bits per heavy atom. The van der Waals surface area contributed by atoms with E-state index in [1.54, 1.807) is 0 Å². The summed E-state index contributed by atoms with van der Waals surface area (Å²) in [5, 5.41) is 0.903. The number of aromatic nitrogens is 2. The van der Waals surface area contributed by atoms with Crippen LogP contribution in [0.3, 0.4) is 0 Å². The Balaban J connectivity index is 1.45. The number of piperidine rings is 1. The number of likely N-dealkylation sites (tertiary alicyclic amines) is 1. The fourth-order valence-corrected chi connectivity index (χ4v) is 4.66. The lowest BCUT2D eigenvalue weighted by Gasteiger charge is -2.32. The molecule has 0 saturated carbocycles. The quantitative estimate of drug-likeness (QED) is 0.827. The van der Waals surface area contributed by atoms with Crippen molar-refractivity contribution in [3.63, 3.8) is 0 Å². The third-order valence-corrected chi connectivity index (χ3v) is 6.18. The first kappa shape index (κ1) is 17.5. The van der Waals surface area contributed by atoms with Crippen molar-refractivity contribution in [2.75, 3.05) is 24.5 Å². The molecule has 2 fully saturated rings. The van der Waals surface area contributed by atoms with E-state index in [0.717, 1.165) is 62.7 Å². The first-order chi connectivity index (χ1) is 12.7. The van der Waals surface area contributed by atoms with Gasteiger partial charge in [-0.15, -0.1) is 0 Å². The summed E-state index contributed by atoms with van der Waals surface area (Å²) in [4.78, 5) is 21.9. The van der Waals surface area contributed by atoms with E-state index in [1.807, 2.05) is 0 Å². The average Bonchev–Trinajstić information content (AvgIpc) is 3.33. The van der Waals surface area contributed by atoms with E-state index in [2.05, 4.69) is 45.4 Å². The molecule has 1 unspecified atom stereocenters. The molecule has 1 aromatic heterocycles. The van der Waals surface area contributed by atoms with Crippen molar-refractivity contribution in [1.29, 1.82) is 0 Å². The van der Waals surface area contributed by atoms with Crippen molar-refractivity contribution in [2.24, 2.45) is 0 Å². The maximum atomic E-state index is 13.0. The molecule has 1 aromatic carbocycles. The number of carbonyl (C=O) groups excluding carboxylic acids is 1. The molecule has 2 saturated heterocycles. The lowest BCUT2D eigenvalue weighted by molar-refractivity contribution is -0.133. The van der Waals surface area contributed by atoms with E-state index >= 15 is 0 Å². The van der Waals surface area contributed by atoms with Gasteiger partial charge in [-0.05, 0) is 44.6 Å². The van der Waals surface area contributed by atoms with E-state index in [1.165, 1.54) is 29.1 Å². The molecular formula is C20H26N4OS. The normalized spacial score (nSPS) is 20.6. The minimum atomic E-state index is -0.0479. The van der Waals surface area contributed by atoms with Crippen LogP contribution in [0, 0.1) is 6.92 Å². The number of hydrogen-bond donors (Lipinski definition) is 0. The standard InChI is InChI=1S/C20H26N4OS/c1-15-7-9-16(10-8-15)14-18-21-20(26-22-18)24-13-5-6-17(24)19(25)23-11-3-2-4-12-23/h7-10,17H,2-6,11-14H2,1H3. The summed E-state index contributed by atoms with van der Waals surface area (Å²) in [5.41, 5.74) is 2.49. The van der Waals surface area contributed by atoms with Crippen molar-refractivity contribution >= 4 is 22.6 Å². The zero-order valence-corrected chi connectivity index (χ0v) is 16.2. The van der Waals surface area contributed by atoms with Gasteiger partial charge in [0, 0.05) is 37.6 Å². The molecular weight excluding hydrogens is 344 g/mol. The molecule has 5 nitrogen and oxygen atoms in total. The van der Waals surface area contributed by atoms with Crippen molar-refractivity contribution in [3.05, 3.63) is 41.2 Å². The largest absolute Gasteiger partial charge is 0.341 e. The Morgan fingerprint density at radius 3 is 2.65 bits per heavy atom. The molecule has 1 amide bonds. The van der Waals surface area contributed by atoms with Gasteiger partial charge in [0.05, 0.1) is 0 Å². The SMILES string of the molecule is Cc1ccc(Cc2nsc(N3CCCC3C(=O)N3CCCCC3)n2)cc1. The van der Waals surface area contributed by atoms with E-state index < -0.39 is 0 Å². The Bertz CT molecular complexity index is 751.